The second-order valence-electron chi connectivity index (χ2n) is 6.34. The van der Waals surface area contributed by atoms with Crippen molar-refractivity contribution in [1.29, 1.82) is 0 Å². The minimum Gasteiger partial charge on any atom is -0.381 e. The van der Waals surface area contributed by atoms with Gasteiger partial charge in [0.25, 0.3) is 5.91 Å². The van der Waals surface area contributed by atoms with Crippen molar-refractivity contribution in [3.63, 3.8) is 0 Å². The van der Waals surface area contributed by atoms with Crippen LogP contribution in [0.25, 0.3) is 11.1 Å². The molecule has 0 aromatic heterocycles. The number of ether oxygens (including phenoxy) is 1. The van der Waals surface area contributed by atoms with E-state index in [1.807, 2.05) is 30.3 Å². The second kappa shape index (κ2) is 7.91. The number of carbonyl (C=O) groups is 1. The van der Waals surface area contributed by atoms with E-state index in [-0.39, 0.29) is 5.56 Å². The maximum absolute atomic E-state index is 13.0. The number of rotatable bonds is 4. The monoisotopic (exact) mass is 363 g/mol. The summed E-state index contributed by atoms with van der Waals surface area (Å²) in [6.07, 6.45) is -3.59. The maximum Gasteiger partial charge on any atom is 0.406 e. The summed E-state index contributed by atoms with van der Waals surface area (Å²) >= 11 is 0. The van der Waals surface area contributed by atoms with Crippen molar-refractivity contribution >= 4 is 5.91 Å². The average Bonchev–Trinajstić information content (AvgIpc) is 2.66. The van der Waals surface area contributed by atoms with Gasteiger partial charge in [-0.25, -0.2) is 0 Å². The van der Waals surface area contributed by atoms with E-state index in [0.717, 1.165) is 16.0 Å². The van der Waals surface area contributed by atoms with Crippen LogP contribution in [-0.2, 0) is 4.74 Å². The Bertz CT molecular complexity index is 723. The molecule has 0 saturated carbocycles. The molecule has 0 radical (unpaired) electrons. The molecule has 0 unspecified atom stereocenters. The van der Waals surface area contributed by atoms with Gasteiger partial charge in [-0.1, -0.05) is 42.5 Å². The van der Waals surface area contributed by atoms with Crippen molar-refractivity contribution in [2.24, 2.45) is 0 Å². The Kier molecular flexibility index (Phi) is 5.61. The predicted molar refractivity (Wildman–Crippen MR) is 92.8 cm³/mol. The molecule has 0 aliphatic carbocycles. The lowest BCUT2D eigenvalue weighted by molar-refractivity contribution is -0.147. The molecule has 2 aromatic carbocycles. The van der Waals surface area contributed by atoms with Gasteiger partial charge in [0.1, 0.15) is 6.54 Å². The Balaban J connectivity index is 1.81. The molecule has 6 heteroatoms. The Hall–Kier alpha value is -2.34. The third-order valence-electron chi connectivity index (χ3n) is 4.48. The minimum atomic E-state index is -4.43. The Morgan fingerprint density at radius 3 is 2.12 bits per heavy atom. The van der Waals surface area contributed by atoms with E-state index < -0.39 is 24.7 Å². The number of carbonyl (C=O) groups excluding carboxylic acids is 1. The zero-order valence-electron chi connectivity index (χ0n) is 14.2. The first kappa shape index (κ1) is 18.5. The summed E-state index contributed by atoms with van der Waals surface area (Å²) in [5, 5.41) is 0. The van der Waals surface area contributed by atoms with E-state index >= 15 is 0 Å². The number of hydrogen-bond donors (Lipinski definition) is 0. The predicted octanol–water partition coefficient (Wildman–Crippen LogP) is 4.54. The summed E-state index contributed by atoms with van der Waals surface area (Å²) < 4.78 is 44.2. The van der Waals surface area contributed by atoms with Crippen LogP contribution in [0.5, 0.6) is 0 Å². The zero-order valence-corrected chi connectivity index (χ0v) is 14.2. The van der Waals surface area contributed by atoms with Gasteiger partial charge in [-0.3, -0.25) is 4.79 Å². The lowest BCUT2D eigenvalue weighted by Crippen LogP contribution is -2.47. The molecule has 3 rings (SSSR count). The van der Waals surface area contributed by atoms with E-state index in [1.54, 1.807) is 24.3 Å². The molecule has 26 heavy (non-hydrogen) atoms. The summed E-state index contributed by atoms with van der Waals surface area (Å²) in [6, 6.07) is 15.9. The molecule has 0 atom stereocenters. The normalized spacial score (nSPS) is 15.7. The van der Waals surface area contributed by atoms with Crippen LogP contribution in [-0.4, -0.2) is 42.8 Å². The molecule has 0 bridgehead atoms. The van der Waals surface area contributed by atoms with Crippen LogP contribution in [0.2, 0.25) is 0 Å². The second-order valence-corrected chi connectivity index (χ2v) is 6.34. The van der Waals surface area contributed by atoms with Crippen LogP contribution in [0, 0.1) is 0 Å². The van der Waals surface area contributed by atoms with E-state index in [1.165, 1.54) is 0 Å². The molecule has 1 aliphatic heterocycles. The van der Waals surface area contributed by atoms with Gasteiger partial charge in [0.15, 0.2) is 0 Å². The third kappa shape index (κ3) is 4.64. The SMILES string of the molecule is O=C(c1ccc(-c2ccccc2)cc1)N(CC(F)(F)F)C1CCOCC1. The first-order chi connectivity index (χ1) is 12.4. The molecule has 1 saturated heterocycles. The number of halogens is 3. The smallest absolute Gasteiger partial charge is 0.381 e. The molecule has 1 amide bonds. The van der Waals surface area contributed by atoms with Gasteiger partial charge < -0.3 is 9.64 Å². The van der Waals surface area contributed by atoms with Crippen LogP contribution >= 0.6 is 0 Å². The standard InChI is InChI=1S/C20H20F3NO2/c21-20(22,23)14-24(18-10-12-26-13-11-18)19(25)17-8-6-16(7-9-17)15-4-2-1-3-5-15/h1-9,18H,10-14H2. The molecule has 1 fully saturated rings. The molecule has 2 aromatic rings. The van der Waals surface area contributed by atoms with Crippen molar-refractivity contribution in [2.75, 3.05) is 19.8 Å². The highest BCUT2D eigenvalue weighted by atomic mass is 19.4. The fourth-order valence-corrected chi connectivity index (χ4v) is 3.16. The van der Waals surface area contributed by atoms with Crippen LogP contribution < -0.4 is 0 Å². The molecular formula is C20H20F3NO2. The van der Waals surface area contributed by atoms with E-state index in [4.69, 9.17) is 4.74 Å². The first-order valence-corrected chi connectivity index (χ1v) is 8.55. The Morgan fingerprint density at radius 2 is 1.54 bits per heavy atom. The fraction of sp³-hybridized carbons (Fsp3) is 0.350. The van der Waals surface area contributed by atoms with E-state index in [2.05, 4.69) is 0 Å². The number of nitrogens with zero attached hydrogens (tertiary/aromatic N) is 1. The quantitative estimate of drug-likeness (QED) is 0.798. The first-order valence-electron chi connectivity index (χ1n) is 8.55. The highest BCUT2D eigenvalue weighted by Crippen LogP contribution is 2.25. The van der Waals surface area contributed by atoms with Crippen molar-refractivity contribution in [3.05, 3.63) is 60.2 Å². The average molecular weight is 363 g/mol. The molecule has 0 spiro atoms. The topological polar surface area (TPSA) is 29.5 Å². The molecule has 138 valence electrons. The van der Waals surface area contributed by atoms with Gasteiger partial charge in [0.05, 0.1) is 0 Å². The van der Waals surface area contributed by atoms with Crippen molar-refractivity contribution in [3.8, 4) is 11.1 Å². The summed E-state index contributed by atoms with van der Waals surface area (Å²) in [6.45, 7) is -0.491. The van der Waals surface area contributed by atoms with Crippen LogP contribution in [0.3, 0.4) is 0 Å². The summed E-state index contributed by atoms with van der Waals surface area (Å²) in [7, 11) is 0. The van der Waals surface area contributed by atoms with Crippen molar-refractivity contribution in [1.82, 2.24) is 4.90 Å². The van der Waals surface area contributed by atoms with Gasteiger partial charge in [-0.15, -0.1) is 0 Å². The Labute approximate surface area is 150 Å². The van der Waals surface area contributed by atoms with E-state index in [9.17, 15) is 18.0 Å². The van der Waals surface area contributed by atoms with Crippen LogP contribution in [0.4, 0.5) is 13.2 Å². The Morgan fingerprint density at radius 1 is 0.962 bits per heavy atom. The van der Waals surface area contributed by atoms with Gasteiger partial charge in [0.2, 0.25) is 0 Å². The lowest BCUT2D eigenvalue weighted by Gasteiger charge is -2.35. The van der Waals surface area contributed by atoms with Crippen LogP contribution in [0.15, 0.2) is 54.6 Å². The van der Waals surface area contributed by atoms with Crippen LogP contribution in [0.1, 0.15) is 23.2 Å². The number of amides is 1. The van der Waals surface area contributed by atoms with Crippen molar-refractivity contribution < 1.29 is 22.7 Å². The molecule has 1 aliphatic rings. The zero-order chi connectivity index (χ0) is 18.6. The largest absolute Gasteiger partial charge is 0.406 e. The fourth-order valence-electron chi connectivity index (χ4n) is 3.16. The third-order valence-corrected chi connectivity index (χ3v) is 4.48. The minimum absolute atomic E-state index is 0.264. The summed E-state index contributed by atoms with van der Waals surface area (Å²) in [5.41, 5.74) is 2.17. The van der Waals surface area contributed by atoms with Gasteiger partial charge in [0, 0.05) is 24.8 Å². The molecular weight excluding hydrogens is 343 g/mol. The maximum atomic E-state index is 13.0. The van der Waals surface area contributed by atoms with Crippen molar-refractivity contribution in [2.45, 2.75) is 25.1 Å². The number of benzene rings is 2. The molecule has 0 N–H and O–H groups in total. The highest BCUT2D eigenvalue weighted by Gasteiger charge is 2.37. The summed E-state index contributed by atoms with van der Waals surface area (Å²) in [5.74, 6) is -0.589. The lowest BCUT2D eigenvalue weighted by atomic mass is 10.0. The highest BCUT2D eigenvalue weighted by molar-refractivity contribution is 5.95. The summed E-state index contributed by atoms with van der Waals surface area (Å²) in [4.78, 5) is 13.7. The van der Waals surface area contributed by atoms with Gasteiger partial charge >= 0.3 is 6.18 Å². The molecule has 3 nitrogen and oxygen atoms in total. The van der Waals surface area contributed by atoms with Gasteiger partial charge in [-0.2, -0.15) is 13.2 Å². The number of hydrogen-bond acceptors (Lipinski definition) is 2. The van der Waals surface area contributed by atoms with E-state index in [0.29, 0.717) is 26.1 Å². The number of alkyl halides is 3. The van der Waals surface area contributed by atoms with Gasteiger partial charge in [-0.05, 0) is 36.1 Å². The molecule has 1 heterocycles.